The molecule has 6 nitrogen and oxygen atoms in total. The summed E-state index contributed by atoms with van der Waals surface area (Å²) in [5, 5.41) is 1.38. The van der Waals surface area contributed by atoms with Crippen LogP contribution in [0.5, 0.6) is 0 Å². The van der Waals surface area contributed by atoms with E-state index in [0.29, 0.717) is 59.7 Å². The lowest BCUT2D eigenvalue weighted by molar-refractivity contribution is -0.137. The normalized spacial score (nSPS) is 18.5. The first-order valence-electron chi connectivity index (χ1n) is 10.9. The molecule has 0 saturated carbocycles. The first-order valence-corrected chi connectivity index (χ1v) is 13.7. The third kappa shape index (κ3) is 5.77. The Bertz CT molecular complexity index is 1090. The van der Waals surface area contributed by atoms with E-state index < -0.39 is 10.0 Å². The fourth-order valence-electron chi connectivity index (χ4n) is 4.44. The number of piperazine rings is 1. The molecular formula is C23H26Cl3N3O3S. The monoisotopic (exact) mass is 529 g/mol. The van der Waals surface area contributed by atoms with Crippen molar-refractivity contribution >= 4 is 56.4 Å². The molecule has 2 aliphatic heterocycles. The first kappa shape index (κ1) is 24.6. The summed E-state index contributed by atoms with van der Waals surface area (Å²) in [6.45, 7) is 3.44. The number of anilines is 1. The zero-order chi connectivity index (χ0) is 23.6. The van der Waals surface area contributed by atoms with E-state index in [4.69, 9.17) is 34.8 Å². The van der Waals surface area contributed by atoms with E-state index in [1.807, 2.05) is 29.2 Å². The van der Waals surface area contributed by atoms with Gasteiger partial charge in [-0.3, -0.25) is 4.79 Å². The Labute approximate surface area is 210 Å². The lowest BCUT2D eigenvalue weighted by Gasteiger charge is -2.39. The van der Waals surface area contributed by atoms with Crippen LogP contribution in [0.3, 0.4) is 0 Å². The molecular weight excluding hydrogens is 505 g/mol. The molecule has 1 amide bonds. The van der Waals surface area contributed by atoms with E-state index in [0.717, 1.165) is 18.8 Å². The van der Waals surface area contributed by atoms with Crippen molar-refractivity contribution in [1.82, 2.24) is 9.21 Å². The van der Waals surface area contributed by atoms with Gasteiger partial charge in [0.1, 0.15) is 0 Å². The summed E-state index contributed by atoms with van der Waals surface area (Å²) in [7, 11) is -3.57. The highest BCUT2D eigenvalue weighted by Crippen LogP contribution is 2.29. The van der Waals surface area contributed by atoms with Crippen molar-refractivity contribution < 1.29 is 13.2 Å². The number of amides is 1. The van der Waals surface area contributed by atoms with Crippen molar-refractivity contribution in [3.8, 4) is 0 Å². The lowest BCUT2D eigenvalue weighted by Crippen LogP contribution is -2.52. The second-order valence-electron chi connectivity index (χ2n) is 8.42. The Morgan fingerprint density at radius 2 is 1.48 bits per heavy atom. The van der Waals surface area contributed by atoms with Gasteiger partial charge in [-0.05, 0) is 43.2 Å². The van der Waals surface area contributed by atoms with E-state index in [1.165, 1.54) is 4.31 Å². The molecule has 0 radical (unpaired) electrons. The van der Waals surface area contributed by atoms with E-state index in [1.54, 1.807) is 18.2 Å². The summed E-state index contributed by atoms with van der Waals surface area (Å²) < 4.78 is 27.3. The molecule has 4 rings (SSSR count). The Morgan fingerprint density at radius 3 is 2.09 bits per heavy atom. The van der Waals surface area contributed by atoms with Gasteiger partial charge in [-0.1, -0.05) is 46.9 Å². The largest absolute Gasteiger partial charge is 0.368 e. The number of halogens is 3. The number of hydrogen-bond donors (Lipinski definition) is 0. The van der Waals surface area contributed by atoms with Crippen LogP contribution in [0.1, 0.15) is 18.4 Å². The van der Waals surface area contributed by atoms with Crippen LogP contribution >= 0.6 is 34.8 Å². The van der Waals surface area contributed by atoms with Crippen molar-refractivity contribution in [3.05, 3.63) is 63.1 Å². The van der Waals surface area contributed by atoms with Gasteiger partial charge in [0.25, 0.3) is 0 Å². The minimum atomic E-state index is -3.57. The second kappa shape index (κ2) is 10.4. The topological polar surface area (TPSA) is 60.9 Å². The minimum absolute atomic E-state index is 0.118. The summed E-state index contributed by atoms with van der Waals surface area (Å²) in [5.41, 5.74) is 1.48. The number of carbonyl (C=O) groups excluding carboxylic acids is 1. The zero-order valence-corrected chi connectivity index (χ0v) is 21.2. The van der Waals surface area contributed by atoms with Crippen molar-refractivity contribution in [2.75, 3.05) is 44.2 Å². The molecule has 2 aliphatic rings. The number of sulfonamides is 1. The summed E-state index contributed by atoms with van der Waals surface area (Å²) >= 11 is 18.4. The predicted octanol–water partition coefficient (Wildman–Crippen LogP) is 4.54. The van der Waals surface area contributed by atoms with Gasteiger partial charge in [0.2, 0.25) is 15.9 Å². The van der Waals surface area contributed by atoms with Crippen molar-refractivity contribution in [3.63, 3.8) is 0 Å². The fourth-order valence-corrected chi connectivity index (χ4v) is 6.94. The highest BCUT2D eigenvalue weighted by molar-refractivity contribution is 7.88. The first-order chi connectivity index (χ1) is 15.7. The molecule has 10 heteroatoms. The van der Waals surface area contributed by atoms with Crippen molar-refractivity contribution in [2.24, 2.45) is 5.92 Å². The molecule has 2 heterocycles. The molecule has 178 valence electrons. The molecule has 0 N–H and O–H groups in total. The van der Waals surface area contributed by atoms with E-state index >= 15 is 0 Å². The highest BCUT2D eigenvalue weighted by atomic mass is 35.5. The van der Waals surface area contributed by atoms with Gasteiger partial charge in [0.05, 0.1) is 5.75 Å². The summed E-state index contributed by atoms with van der Waals surface area (Å²) in [4.78, 5) is 17.2. The average Bonchev–Trinajstić information content (AvgIpc) is 2.81. The SMILES string of the molecule is O=C(C1CCN(S(=O)(=O)Cc2c(Cl)cccc2Cl)CC1)N1CCN(c2cccc(Cl)c2)CC1. The molecule has 0 bridgehead atoms. The maximum atomic E-state index is 13.1. The van der Waals surface area contributed by atoms with Crippen molar-refractivity contribution in [2.45, 2.75) is 18.6 Å². The molecule has 2 aromatic rings. The third-order valence-corrected chi connectivity index (χ3v) is 9.10. The van der Waals surface area contributed by atoms with E-state index in [2.05, 4.69) is 4.90 Å². The molecule has 0 aromatic heterocycles. The molecule has 0 unspecified atom stereocenters. The van der Waals surface area contributed by atoms with Gasteiger partial charge in [-0.25, -0.2) is 12.7 Å². The van der Waals surface area contributed by atoms with Gasteiger partial charge < -0.3 is 9.80 Å². The highest BCUT2D eigenvalue weighted by Gasteiger charge is 2.34. The summed E-state index contributed by atoms with van der Waals surface area (Å²) in [6.07, 6.45) is 1.03. The quantitative estimate of drug-likeness (QED) is 0.570. The Hall–Kier alpha value is -1.51. The maximum Gasteiger partial charge on any atom is 0.225 e. The van der Waals surface area contributed by atoms with Gasteiger partial charge in [0, 0.05) is 71.5 Å². The van der Waals surface area contributed by atoms with Gasteiger partial charge >= 0.3 is 0 Å². The van der Waals surface area contributed by atoms with Crippen molar-refractivity contribution in [1.29, 1.82) is 0 Å². The Balaban J connectivity index is 1.30. The molecule has 2 fully saturated rings. The number of benzene rings is 2. The standard InChI is InChI=1S/C23H26Cl3N3O3S/c24-18-3-1-4-19(15-18)27-11-13-28(14-12-27)23(30)17-7-9-29(10-8-17)33(31,32)16-20-21(25)5-2-6-22(20)26/h1-6,15,17H,7-14,16H2. The van der Waals surface area contributed by atoms with Crippen LogP contribution in [0.25, 0.3) is 0 Å². The third-order valence-electron chi connectivity index (χ3n) is 6.35. The molecule has 33 heavy (non-hydrogen) atoms. The second-order valence-corrected chi connectivity index (χ2v) is 11.6. The van der Waals surface area contributed by atoms with E-state index in [9.17, 15) is 13.2 Å². The van der Waals surface area contributed by atoms with Crippen LogP contribution in [-0.2, 0) is 20.6 Å². The maximum absolute atomic E-state index is 13.1. The van der Waals surface area contributed by atoms with Gasteiger partial charge in [-0.15, -0.1) is 0 Å². The van der Waals surface area contributed by atoms with Crippen LogP contribution < -0.4 is 4.90 Å². The molecule has 0 spiro atoms. The number of rotatable bonds is 5. The molecule has 0 atom stereocenters. The number of nitrogens with zero attached hydrogens (tertiary/aromatic N) is 3. The minimum Gasteiger partial charge on any atom is -0.368 e. The smallest absolute Gasteiger partial charge is 0.225 e. The molecule has 2 aromatic carbocycles. The van der Waals surface area contributed by atoms with Crippen LogP contribution in [0.2, 0.25) is 15.1 Å². The van der Waals surface area contributed by atoms with Crippen LogP contribution in [0.4, 0.5) is 5.69 Å². The Morgan fingerprint density at radius 1 is 0.879 bits per heavy atom. The average molecular weight is 531 g/mol. The molecule has 2 saturated heterocycles. The zero-order valence-electron chi connectivity index (χ0n) is 18.1. The lowest BCUT2D eigenvalue weighted by atomic mass is 9.96. The van der Waals surface area contributed by atoms with Gasteiger partial charge in [-0.2, -0.15) is 0 Å². The molecule has 0 aliphatic carbocycles. The number of piperidine rings is 1. The number of hydrogen-bond acceptors (Lipinski definition) is 4. The Kier molecular flexibility index (Phi) is 7.76. The fraction of sp³-hybridized carbons (Fsp3) is 0.435. The summed E-state index contributed by atoms with van der Waals surface area (Å²) in [5.74, 6) is -0.278. The van der Waals surface area contributed by atoms with Crippen LogP contribution in [0.15, 0.2) is 42.5 Å². The van der Waals surface area contributed by atoms with E-state index in [-0.39, 0.29) is 17.6 Å². The number of carbonyl (C=O) groups is 1. The van der Waals surface area contributed by atoms with Crippen LogP contribution in [-0.4, -0.2) is 62.8 Å². The predicted molar refractivity (Wildman–Crippen MR) is 134 cm³/mol. The van der Waals surface area contributed by atoms with Crippen LogP contribution in [0, 0.1) is 5.92 Å². The van der Waals surface area contributed by atoms with Gasteiger partial charge in [0.15, 0.2) is 0 Å². The summed E-state index contributed by atoms with van der Waals surface area (Å²) in [6, 6.07) is 12.7.